The van der Waals surface area contributed by atoms with Crippen molar-refractivity contribution in [3.8, 4) is 0 Å². The summed E-state index contributed by atoms with van der Waals surface area (Å²) < 4.78 is 1.22. The predicted molar refractivity (Wildman–Crippen MR) is 61.1 cm³/mol. The first kappa shape index (κ1) is 9.32. The predicted octanol–water partition coefficient (Wildman–Crippen LogP) is 4.60. The number of rotatable bonds is 1. The number of fused-ring (bicyclic) bond motifs is 1. The third kappa shape index (κ3) is 1.56. The highest BCUT2D eigenvalue weighted by atomic mass is 35.5. The van der Waals surface area contributed by atoms with Crippen LogP contribution in [0.15, 0.2) is 17.5 Å². The molecule has 68 valence electrons. The van der Waals surface area contributed by atoms with E-state index in [2.05, 4.69) is 12.3 Å². The molecule has 13 heavy (non-hydrogen) atoms. The van der Waals surface area contributed by atoms with Crippen LogP contribution in [0.5, 0.6) is 0 Å². The lowest BCUT2D eigenvalue weighted by atomic mass is 10.1. The fraction of sp³-hybridized carbons (Fsp3) is 0.200. The van der Waals surface area contributed by atoms with Gasteiger partial charge in [-0.05, 0) is 40.9 Å². The minimum absolute atomic E-state index is 0.572. The topological polar surface area (TPSA) is 0 Å². The largest absolute Gasteiger partial charge is 0.143 e. The highest BCUT2D eigenvalue weighted by Crippen LogP contribution is 2.32. The van der Waals surface area contributed by atoms with E-state index < -0.39 is 0 Å². The average Bonchev–Trinajstić information content (AvgIpc) is 2.47. The third-order valence-electron chi connectivity index (χ3n) is 2.06. The quantitative estimate of drug-likeness (QED) is 0.629. The molecule has 0 bridgehead atoms. The Morgan fingerprint density at radius 1 is 1.38 bits per heavy atom. The molecule has 1 aromatic carbocycles. The number of alkyl halides is 1. The second kappa shape index (κ2) is 3.49. The highest BCUT2D eigenvalue weighted by molar-refractivity contribution is 7.17. The van der Waals surface area contributed by atoms with Gasteiger partial charge in [-0.1, -0.05) is 11.6 Å². The summed E-state index contributed by atoms with van der Waals surface area (Å²) in [6.07, 6.45) is 0. The standard InChI is InChI=1S/C10H8Cl2S/c1-6-2-8(12)3-9-10(6)7(4-11)5-13-9/h2-3,5H,4H2,1H3. The van der Waals surface area contributed by atoms with Crippen molar-refractivity contribution in [2.45, 2.75) is 12.8 Å². The molecule has 0 fully saturated rings. The van der Waals surface area contributed by atoms with Crippen molar-refractivity contribution in [3.63, 3.8) is 0 Å². The SMILES string of the molecule is Cc1cc(Cl)cc2scc(CCl)c12. The Hall–Kier alpha value is -0.240. The normalized spacial score (nSPS) is 11.0. The van der Waals surface area contributed by atoms with Crippen LogP contribution in [0.25, 0.3) is 10.1 Å². The second-order valence-corrected chi connectivity index (χ2v) is 4.61. The van der Waals surface area contributed by atoms with Gasteiger partial charge in [0.25, 0.3) is 0 Å². The van der Waals surface area contributed by atoms with E-state index >= 15 is 0 Å². The van der Waals surface area contributed by atoms with Gasteiger partial charge in [0, 0.05) is 15.6 Å². The van der Waals surface area contributed by atoms with E-state index in [4.69, 9.17) is 23.2 Å². The first-order chi connectivity index (χ1) is 6.22. The molecule has 0 nitrogen and oxygen atoms in total. The minimum atomic E-state index is 0.572. The molecule has 3 heteroatoms. The Balaban J connectivity index is 2.82. The van der Waals surface area contributed by atoms with Gasteiger partial charge >= 0.3 is 0 Å². The van der Waals surface area contributed by atoms with Crippen LogP contribution in [0.4, 0.5) is 0 Å². The van der Waals surface area contributed by atoms with E-state index in [1.54, 1.807) is 11.3 Å². The number of aryl methyl sites for hydroxylation is 1. The summed E-state index contributed by atoms with van der Waals surface area (Å²) in [5.74, 6) is 0.572. The summed E-state index contributed by atoms with van der Waals surface area (Å²) in [7, 11) is 0. The summed E-state index contributed by atoms with van der Waals surface area (Å²) in [4.78, 5) is 0. The molecular formula is C10H8Cl2S. The average molecular weight is 231 g/mol. The van der Waals surface area contributed by atoms with E-state index in [1.165, 1.54) is 21.2 Å². The first-order valence-electron chi connectivity index (χ1n) is 3.94. The molecule has 0 saturated carbocycles. The summed E-state index contributed by atoms with van der Waals surface area (Å²) in [6, 6.07) is 3.97. The second-order valence-electron chi connectivity index (χ2n) is 2.99. The maximum absolute atomic E-state index is 5.95. The van der Waals surface area contributed by atoms with Crippen molar-refractivity contribution in [2.24, 2.45) is 0 Å². The van der Waals surface area contributed by atoms with Gasteiger partial charge in [-0.25, -0.2) is 0 Å². The first-order valence-corrected chi connectivity index (χ1v) is 5.74. The lowest BCUT2D eigenvalue weighted by Crippen LogP contribution is -1.78. The molecule has 0 aliphatic rings. The van der Waals surface area contributed by atoms with Gasteiger partial charge in [0.15, 0.2) is 0 Å². The molecule has 0 radical (unpaired) electrons. The molecular weight excluding hydrogens is 223 g/mol. The van der Waals surface area contributed by atoms with Gasteiger partial charge in [0.05, 0.1) is 0 Å². The maximum atomic E-state index is 5.95. The number of halogens is 2. The van der Waals surface area contributed by atoms with Gasteiger partial charge in [-0.3, -0.25) is 0 Å². The van der Waals surface area contributed by atoms with Crippen LogP contribution in [0.2, 0.25) is 5.02 Å². The van der Waals surface area contributed by atoms with Crippen LogP contribution < -0.4 is 0 Å². The molecule has 0 N–H and O–H groups in total. The summed E-state index contributed by atoms with van der Waals surface area (Å²) in [6.45, 7) is 2.07. The Labute approximate surface area is 91.1 Å². The minimum Gasteiger partial charge on any atom is -0.143 e. The van der Waals surface area contributed by atoms with Crippen molar-refractivity contribution in [3.05, 3.63) is 33.7 Å². The zero-order valence-electron chi connectivity index (χ0n) is 7.10. The molecule has 2 rings (SSSR count). The van der Waals surface area contributed by atoms with Gasteiger partial charge in [0.2, 0.25) is 0 Å². The van der Waals surface area contributed by atoms with E-state index in [0.717, 1.165) is 5.02 Å². The van der Waals surface area contributed by atoms with Crippen molar-refractivity contribution >= 4 is 44.6 Å². The zero-order chi connectivity index (χ0) is 9.42. The molecule has 1 heterocycles. The summed E-state index contributed by atoms with van der Waals surface area (Å²) in [5, 5.41) is 4.17. The van der Waals surface area contributed by atoms with E-state index in [-0.39, 0.29) is 0 Å². The van der Waals surface area contributed by atoms with Crippen LogP contribution in [0.1, 0.15) is 11.1 Å². The molecule has 0 aliphatic heterocycles. The van der Waals surface area contributed by atoms with Gasteiger partial charge in [0.1, 0.15) is 0 Å². The Morgan fingerprint density at radius 2 is 2.15 bits per heavy atom. The summed E-state index contributed by atoms with van der Waals surface area (Å²) >= 11 is 13.5. The highest BCUT2D eigenvalue weighted by Gasteiger charge is 2.06. The molecule has 0 aliphatic carbocycles. The van der Waals surface area contributed by atoms with Gasteiger partial charge in [-0.15, -0.1) is 22.9 Å². The number of hydrogen-bond acceptors (Lipinski definition) is 1. The Morgan fingerprint density at radius 3 is 2.85 bits per heavy atom. The third-order valence-corrected chi connectivity index (χ3v) is 3.54. The zero-order valence-corrected chi connectivity index (χ0v) is 9.43. The monoisotopic (exact) mass is 230 g/mol. The Kier molecular flexibility index (Phi) is 2.50. The molecule has 2 aromatic rings. The fourth-order valence-electron chi connectivity index (χ4n) is 1.51. The smallest absolute Gasteiger partial charge is 0.0488 e. The molecule has 0 unspecified atom stereocenters. The number of hydrogen-bond donors (Lipinski definition) is 0. The number of thiophene rings is 1. The van der Waals surface area contributed by atoms with Crippen molar-refractivity contribution < 1.29 is 0 Å². The lowest BCUT2D eigenvalue weighted by molar-refractivity contribution is 1.45. The van der Waals surface area contributed by atoms with Crippen LogP contribution in [-0.4, -0.2) is 0 Å². The maximum Gasteiger partial charge on any atom is 0.0488 e. The van der Waals surface area contributed by atoms with Gasteiger partial charge in [-0.2, -0.15) is 0 Å². The summed E-state index contributed by atoms with van der Waals surface area (Å²) in [5.41, 5.74) is 2.41. The van der Waals surface area contributed by atoms with Gasteiger partial charge < -0.3 is 0 Å². The van der Waals surface area contributed by atoms with E-state index in [1.807, 2.05) is 12.1 Å². The van der Waals surface area contributed by atoms with E-state index in [0.29, 0.717) is 5.88 Å². The van der Waals surface area contributed by atoms with Crippen LogP contribution in [0.3, 0.4) is 0 Å². The van der Waals surface area contributed by atoms with Crippen LogP contribution in [-0.2, 0) is 5.88 Å². The van der Waals surface area contributed by atoms with E-state index in [9.17, 15) is 0 Å². The van der Waals surface area contributed by atoms with Crippen LogP contribution >= 0.6 is 34.5 Å². The number of benzene rings is 1. The van der Waals surface area contributed by atoms with Crippen molar-refractivity contribution in [1.29, 1.82) is 0 Å². The fourth-order valence-corrected chi connectivity index (χ4v) is 3.22. The van der Waals surface area contributed by atoms with Crippen molar-refractivity contribution in [1.82, 2.24) is 0 Å². The van der Waals surface area contributed by atoms with Crippen molar-refractivity contribution in [2.75, 3.05) is 0 Å². The molecule has 0 saturated heterocycles. The molecule has 0 amide bonds. The molecule has 1 aromatic heterocycles. The molecule has 0 spiro atoms. The lowest BCUT2D eigenvalue weighted by Gasteiger charge is -1.99. The van der Waals surface area contributed by atoms with Crippen LogP contribution in [0, 0.1) is 6.92 Å². The molecule has 0 atom stereocenters. The Bertz CT molecular complexity index is 445.